The molecule has 0 aromatic carbocycles. The van der Waals surface area contributed by atoms with Crippen LogP contribution >= 0.6 is 11.8 Å². The summed E-state index contributed by atoms with van der Waals surface area (Å²) < 4.78 is 5.27. The van der Waals surface area contributed by atoms with Gasteiger partial charge in [0.05, 0.1) is 12.8 Å². The topological polar surface area (TPSA) is 109 Å². The fourth-order valence-corrected chi connectivity index (χ4v) is 3.85. The predicted molar refractivity (Wildman–Crippen MR) is 93.1 cm³/mol. The average Bonchev–Trinajstić information content (AvgIpc) is 3.12. The first-order valence-electron chi connectivity index (χ1n) is 7.89. The van der Waals surface area contributed by atoms with Gasteiger partial charge in [-0.25, -0.2) is 4.99 Å². The Labute approximate surface area is 142 Å². The van der Waals surface area contributed by atoms with E-state index in [9.17, 15) is 4.79 Å². The van der Waals surface area contributed by atoms with Crippen LogP contribution in [0.3, 0.4) is 0 Å². The second-order valence-corrected chi connectivity index (χ2v) is 7.22. The smallest absolute Gasteiger partial charge is 0.240 e. The molecule has 2 saturated heterocycles. The SMILES string of the molecule is CS[C@H]1C[C@@H](C(=O)N2CC[C@H](NCOCN=C(N)N)C2)N(C)C1. The summed E-state index contributed by atoms with van der Waals surface area (Å²) >= 11 is 1.85. The van der Waals surface area contributed by atoms with Crippen molar-refractivity contribution in [2.75, 3.05) is 46.4 Å². The number of ether oxygens (including phenoxy) is 1. The van der Waals surface area contributed by atoms with E-state index in [1.54, 1.807) is 0 Å². The number of rotatable bonds is 7. The molecule has 0 radical (unpaired) electrons. The first kappa shape index (κ1) is 18.3. The van der Waals surface area contributed by atoms with E-state index in [1.165, 1.54) is 0 Å². The number of nitrogens with one attached hydrogen (secondary N) is 1. The molecule has 0 aromatic rings. The van der Waals surface area contributed by atoms with Gasteiger partial charge in [0, 0.05) is 30.9 Å². The molecular weight excluding hydrogens is 316 g/mol. The molecule has 0 aliphatic carbocycles. The third-order valence-corrected chi connectivity index (χ3v) is 5.45. The molecule has 2 rings (SSSR count). The van der Waals surface area contributed by atoms with Crippen LogP contribution < -0.4 is 16.8 Å². The van der Waals surface area contributed by atoms with Crippen LogP contribution in [0.15, 0.2) is 4.99 Å². The number of likely N-dealkylation sites (tertiary alicyclic amines) is 2. The molecule has 8 nitrogen and oxygen atoms in total. The molecular formula is C14H28N6O2S. The average molecular weight is 344 g/mol. The summed E-state index contributed by atoms with van der Waals surface area (Å²) in [7, 11) is 2.04. The van der Waals surface area contributed by atoms with Gasteiger partial charge in [0.2, 0.25) is 5.91 Å². The van der Waals surface area contributed by atoms with Gasteiger partial charge < -0.3 is 21.1 Å². The van der Waals surface area contributed by atoms with E-state index in [4.69, 9.17) is 16.2 Å². The fraction of sp³-hybridized carbons (Fsp3) is 0.857. The summed E-state index contributed by atoms with van der Waals surface area (Å²) in [5, 5.41) is 3.84. The Morgan fingerprint density at radius 1 is 1.43 bits per heavy atom. The number of carbonyl (C=O) groups excluding carboxylic acids is 1. The molecule has 0 spiro atoms. The van der Waals surface area contributed by atoms with Crippen molar-refractivity contribution in [1.29, 1.82) is 0 Å². The molecule has 3 atom stereocenters. The maximum Gasteiger partial charge on any atom is 0.240 e. The van der Waals surface area contributed by atoms with Crippen LogP contribution in [0.2, 0.25) is 0 Å². The number of carbonyl (C=O) groups is 1. The summed E-state index contributed by atoms with van der Waals surface area (Å²) in [6.45, 7) is 3.05. The minimum Gasteiger partial charge on any atom is -0.370 e. The van der Waals surface area contributed by atoms with Crippen LogP contribution in [-0.2, 0) is 9.53 Å². The number of amides is 1. The number of thioether (sulfide) groups is 1. The molecule has 0 unspecified atom stereocenters. The number of nitrogens with two attached hydrogens (primary N) is 2. The molecule has 2 fully saturated rings. The monoisotopic (exact) mass is 344 g/mol. The zero-order valence-corrected chi connectivity index (χ0v) is 14.7. The fourth-order valence-electron chi connectivity index (χ4n) is 3.09. The van der Waals surface area contributed by atoms with Crippen molar-refractivity contribution in [1.82, 2.24) is 15.1 Å². The van der Waals surface area contributed by atoms with Crippen molar-refractivity contribution in [3.8, 4) is 0 Å². The number of hydrogen-bond donors (Lipinski definition) is 3. The summed E-state index contributed by atoms with van der Waals surface area (Å²) in [5.41, 5.74) is 10.4. The number of guanidine groups is 1. The van der Waals surface area contributed by atoms with E-state index in [-0.39, 0.29) is 30.7 Å². The van der Waals surface area contributed by atoms with Crippen molar-refractivity contribution in [3.63, 3.8) is 0 Å². The zero-order chi connectivity index (χ0) is 16.8. The van der Waals surface area contributed by atoms with Crippen molar-refractivity contribution in [2.24, 2.45) is 16.5 Å². The lowest BCUT2D eigenvalue weighted by Gasteiger charge is -2.25. The summed E-state index contributed by atoms with van der Waals surface area (Å²) in [4.78, 5) is 20.6. The normalized spacial score (nSPS) is 28.3. The van der Waals surface area contributed by atoms with Crippen LogP contribution in [0.4, 0.5) is 0 Å². The Kier molecular flexibility index (Phi) is 6.94. The Morgan fingerprint density at radius 3 is 2.87 bits per heavy atom. The van der Waals surface area contributed by atoms with E-state index in [2.05, 4.69) is 21.5 Å². The lowest BCUT2D eigenvalue weighted by molar-refractivity contribution is -0.134. The number of nitrogens with zero attached hydrogens (tertiary/aromatic N) is 3. The minimum absolute atomic E-state index is 0.0202. The van der Waals surface area contributed by atoms with E-state index in [0.717, 1.165) is 32.5 Å². The second kappa shape index (κ2) is 8.72. The van der Waals surface area contributed by atoms with Crippen molar-refractivity contribution < 1.29 is 9.53 Å². The van der Waals surface area contributed by atoms with Gasteiger partial charge in [-0.2, -0.15) is 11.8 Å². The van der Waals surface area contributed by atoms with Gasteiger partial charge >= 0.3 is 0 Å². The summed E-state index contributed by atoms with van der Waals surface area (Å²) in [6.07, 6.45) is 4.01. The highest BCUT2D eigenvalue weighted by Crippen LogP contribution is 2.26. The molecule has 23 heavy (non-hydrogen) atoms. The van der Waals surface area contributed by atoms with Gasteiger partial charge in [0.15, 0.2) is 5.96 Å². The van der Waals surface area contributed by atoms with E-state index in [1.807, 2.05) is 23.7 Å². The summed E-state index contributed by atoms with van der Waals surface area (Å²) in [5.74, 6) is 0.279. The number of likely N-dealkylation sites (N-methyl/N-ethyl adjacent to an activating group) is 1. The van der Waals surface area contributed by atoms with Gasteiger partial charge in [-0.1, -0.05) is 0 Å². The maximum atomic E-state index is 12.7. The van der Waals surface area contributed by atoms with Crippen molar-refractivity contribution in [2.45, 2.75) is 30.2 Å². The van der Waals surface area contributed by atoms with Crippen molar-refractivity contribution >= 4 is 23.6 Å². The lowest BCUT2D eigenvalue weighted by Crippen LogP contribution is -2.44. The van der Waals surface area contributed by atoms with Gasteiger partial charge in [0.25, 0.3) is 0 Å². The van der Waals surface area contributed by atoms with Gasteiger partial charge in [-0.15, -0.1) is 0 Å². The van der Waals surface area contributed by atoms with Crippen LogP contribution in [0.25, 0.3) is 0 Å². The van der Waals surface area contributed by atoms with Crippen LogP contribution in [0, 0.1) is 0 Å². The molecule has 5 N–H and O–H groups in total. The Bertz CT molecular complexity index is 431. The molecule has 0 saturated carbocycles. The maximum absolute atomic E-state index is 12.7. The zero-order valence-electron chi connectivity index (χ0n) is 13.9. The highest BCUT2D eigenvalue weighted by molar-refractivity contribution is 7.99. The molecule has 1 amide bonds. The van der Waals surface area contributed by atoms with Gasteiger partial charge in [0.1, 0.15) is 6.73 Å². The second-order valence-electron chi connectivity index (χ2n) is 6.08. The molecule has 2 aliphatic heterocycles. The molecule has 0 aromatic heterocycles. The van der Waals surface area contributed by atoms with Crippen LogP contribution in [-0.4, -0.2) is 85.4 Å². The van der Waals surface area contributed by atoms with Crippen molar-refractivity contribution in [3.05, 3.63) is 0 Å². The van der Waals surface area contributed by atoms with Crippen LogP contribution in [0.5, 0.6) is 0 Å². The summed E-state index contributed by atoms with van der Waals surface area (Å²) in [6, 6.07) is 0.297. The van der Waals surface area contributed by atoms with E-state index >= 15 is 0 Å². The molecule has 132 valence electrons. The predicted octanol–water partition coefficient (Wildman–Crippen LogP) is -1.18. The first-order chi connectivity index (χ1) is 11.0. The van der Waals surface area contributed by atoms with Gasteiger partial charge in [-0.3, -0.25) is 15.0 Å². The Morgan fingerprint density at radius 2 is 2.22 bits per heavy atom. The Hall–Kier alpha value is -1.03. The molecule has 9 heteroatoms. The first-order valence-corrected chi connectivity index (χ1v) is 9.18. The number of aliphatic imine (C=N–C) groups is 1. The quantitative estimate of drug-likeness (QED) is 0.231. The van der Waals surface area contributed by atoms with E-state index in [0.29, 0.717) is 12.0 Å². The number of hydrogen-bond acceptors (Lipinski definition) is 6. The third kappa shape index (κ3) is 5.23. The molecule has 2 aliphatic rings. The highest BCUT2D eigenvalue weighted by atomic mass is 32.2. The largest absolute Gasteiger partial charge is 0.370 e. The Balaban J connectivity index is 1.70. The third-order valence-electron chi connectivity index (χ3n) is 4.44. The lowest BCUT2D eigenvalue weighted by atomic mass is 10.2. The molecule has 0 bridgehead atoms. The van der Waals surface area contributed by atoms with Gasteiger partial charge in [-0.05, 0) is 26.1 Å². The van der Waals surface area contributed by atoms with Crippen LogP contribution in [0.1, 0.15) is 12.8 Å². The van der Waals surface area contributed by atoms with E-state index < -0.39 is 0 Å². The standard InChI is InChI=1S/C14H28N6O2S/c1-19-7-11(23-2)5-12(19)13(21)20-4-3-10(6-20)17-8-22-9-18-14(15)16/h10-12,17H,3-9H2,1-2H3,(H4,15,16,18)/t10-,11-,12-/m0/s1. The molecule has 2 heterocycles. The highest BCUT2D eigenvalue weighted by Gasteiger charge is 2.38. The minimum atomic E-state index is 0.0202.